The summed E-state index contributed by atoms with van der Waals surface area (Å²) >= 11 is 7.94. The Kier molecular flexibility index (Phi) is 10.6. The summed E-state index contributed by atoms with van der Waals surface area (Å²) in [5, 5.41) is 3.21. The second-order valence-electron chi connectivity index (χ2n) is 7.51. The van der Waals surface area contributed by atoms with Gasteiger partial charge in [-0.3, -0.25) is 4.79 Å². The molecule has 2 aromatic rings. The van der Waals surface area contributed by atoms with Gasteiger partial charge in [-0.2, -0.15) is 0 Å². The van der Waals surface area contributed by atoms with Gasteiger partial charge in [0.1, 0.15) is 0 Å². The maximum absolute atomic E-state index is 13.4. The smallest absolute Gasteiger partial charge is 0.255 e. The van der Waals surface area contributed by atoms with Gasteiger partial charge in [-0.15, -0.1) is 18.3 Å². The van der Waals surface area contributed by atoms with E-state index in [1.54, 1.807) is 30.0 Å². The van der Waals surface area contributed by atoms with Crippen LogP contribution in [0.4, 0.5) is 18.9 Å². The van der Waals surface area contributed by atoms with E-state index in [0.717, 1.165) is 36.3 Å². The summed E-state index contributed by atoms with van der Waals surface area (Å²) in [5.74, 6) is -4.49. The number of benzene rings is 2. The van der Waals surface area contributed by atoms with Crippen molar-refractivity contribution in [2.75, 3.05) is 18.5 Å². The first-order chi connectivity index (χ1) is 15.2. The summed E-state index contributed by atoms with van der Waals surface area (Å²) in [5.41, 5.74) is 0.109. The summed E-state index contributed by atoms with van der Waals surface area (Å²) in [6.07, 6.45) is 4.60. The zero-order valence-corrected chi connectivity index (χ0v) is 19.7. The molecule has 0 aliphatic carbocycles. The van der Waals surface area contributed by atoms with Crippen molar-refractivity contribution in [3.8, 4) is 0 Å². The first-order valence-corrected chi connectivity index (χ1v) is 11.6. The molecule has 3 nitrogen and oxygen atoms in total. The third-order valence-corrected chi connectivity index (χ3v) is 6.74. The number of ether oxygens (including phenoxy) is 1. The average molecular weight is 486 g/mol. The highest BCUT2D eigenvalue weighted by molar-refractivity contribution is 8.00. The lowest BCUT2D eigenvalue weighted by Gasteiger charge is -2.18. The fourth-order valence-electron chi connectivity index (χ4n) is 3.00. The van der Waals surface area contributed by atoms with Gasteiger partial charge in [0.05, 0.1) is 11.6 Å². The summed E-state index contributed by atoms with van der Waals surface area (Å²) < 4.78 is 45.4. The van der Waals surface area contributed by atoms with Crippen molar-refractivity contribution in [2.45, 2.75) is 43.3 Å². The third kappa shape index (κ3) is 7.87. The van der Waals surface area contributed by atoms with E-state index in [1.165, 1.54) is 6.07 Å². The molecule has 0 aliphatic rings. The van der Waals surface area contributed by atoms with Gasteiger partial charge >= 0.3 is 0 Å². The van der Waals surface area contributed by atoms with E-state index in [4.69, 9.17) is 16.3 Å². The zero-order valence-electron chi connectivity index (χ0n) is 18.1. The molecule has 0 heterocycles. The molecule has 2 atom stereocenters. The Labute approximate surface area is 196 Å². The Hall–Kier alpha value is -1.96. The molecule has 0 saturated carbocycles. The van der Waals surface area contributed by atoms with Gasteiger partial charge in [0.15, 0.2) is 17.5 Å². The van der Waals surface area contributed by atoms with Crippen LogP contribution in [0.1, 0.15) is 43.5 Å². The van der Waals surface area contributed by atoms with E-state index in [-0.39, 0.29) is 11.3 Å². The van der Waals surface area contributed by atoms with Crippen LogP contribution in [0.25, 0.3) is 0 Å². The van der Waals surface area contributed by atoms with Gasteiger partial charge in [0, 0.05) is 40.1 Å². The van der Waals surface area contributed by atoms with E-state index in [2.05, 4.69) is 25.7 Å². The minimum Gasteiger partial charge on any atom is -0.377 e. The normalized spacial score (nSPS) is 12.9. The average Bonchev–Trinajstić information content (AvgIpc) is 2.76. The number of rotatable bonds is 12. The second-order valence-corrected chi connectivity index (χ2v) is 9.26. The first-order valence-electron chi connectivity index (χ1n) is 10.4. The highest BCUT2D eigenvalue weighted by atomic mass is 35.5. The van der Waals surface area contributed by atoms with Crippen molar-refractivity contribution < 1.29 is 22.7 Å². The molecule has 1 N–H and O–H groups in total. The molecule has 1 amide bonds. The third-order valence-electron chi connectivity index (χ3n) is 4.80. The summed E-state index contributed by atoms with van der Waals surface area (Å²) in [7, 11) is 0. The minimum absolute atomic E-state index is 0.172. The van der Waals surface area contributed by atoms with Gasteiger partial charge in [-0.25, -0.2) is 13.2 Å². The van der Waals surface area contributed by atoms with Crippen molar-refractivity contribution in [1.29, 1.82) is 0 Å². The molecule has 0 aliphatic heterocycles. The van der Waals surface area contributed by atoms with Crippen LogP contribution >= 0.6 is 23.4 Å². The Bertz CT molecular complexity index is 918. The van der Waals surface area contributed by atoms with Gasteiger partial charge in [-0.1, -0.05) is 31.5 Å². The molecule has 0 fully saturated rings. The van der Waals surface area contributed by atoms with Crippen molar-refractivity contribution in [3.63, 3.8) is 0 Å². The largest absolute Gasteiger partial charge is 0.377 e. The van der Waals surface area contributed by atoms with Gasteiger partial charge in [0.25, 0.3) is 5.91 Å². The molecule has 0 spiro atoms. The number of hydrogen-bond donors (Lipinski definition) is 1. The molecule has 2 unspecified atom stereocenters. The highest BCUT2D eigenvalue weighted by Crippen LogP contribution is 2.35. The number of carbonyl (C=O) groups excluding carboxylic acids is 1. The Morgan fingerprint density at radius 1 is 1.22 bits per heavy atom. The monoisotopic (exact) mass is 485 g/mol. The van der Waals surface area contributed by atoms with E-state index in [0.29, 0.717) is 29.4 Å². The molecule has 2 rings (SSSR count). The van der Waals surface area contributed by atoms with Crippen LogP contribution in [0, 0.1) is 23.4 Å². The number of carbonyl (C=O) groups is 1. The van der Waals surface area contributed by atoms with E-state index >= 15 is 0 Å². The van der Waals surface area contributed by atoms with Crippen LogP contribution in [-0.2, 0) is 4.74 Å². The Morgan fingerprint density at radius 2 is 1.91 bits per heavy atom. The zero-order chi connectivity index (χ0) is 23.7. The predicted octanol–water partition coefficient (Wildman–Crippen LogP) is 7.50. The summed E-state index contributed by atoms with van der Waals surface area (Å²) in [6, 6.07) is 6.25. The first kappa shape index (κ1) is 26.3. The number of halogens is 4. The Balaban J connectivity index is 2.04. The fraction of sp³-hybridized carbons (Fsp3) is 0.375. The standard InChI is InChI=1S/C24H27ClF3NO2S/c1-4-10-31-14-15(3)6-8-18(5-2)32-22-11-16(7-9-19(22)25)24(30)29-17-12-20(26)23(28)21(27)13-17/h4,7,9,11-13,15,18H,1,5-6,8,10,14H2,2-3H3,(H,29,30). The second kappa shape index (κ2) is 12.9. The maximum Gasteiger partial charge on any atom is 0.255 e. The highest BCUT2D eigenvalue weighted by Gasteiger charge is 2.17. The van der Waals surface area contributed by atoms with Crippen LogP contribution in [0.3, 0.4) is 0 Å². The van der Waals surface area contributed by atoms with Crippen molar-refractivity contribution in [1.82, 2.24) is 0 Å². The lowest BCUT2D eigenvalue weighted by atomic mass is 10.0. The van der Waals surface area contributed by atoms with Gasteiger partial charge in [-0.05, 0) is 43.4 Å². The van der Waals surface area contributed by atoms with Crippen LogP contribution in [-0.4, -0.2) is 24.4 Å². The van der Waals surface area contributed by atoms with Crippen molar-refractivity contribution in [3.05, 3.63) is 71.0 Å². The van der Waals surface area contributed by atoms with Crippen molar-refractivity contribution in [2.24, 2.45) is 5.92 Å². The molecule has 32 heavy (non-hydrogen) atoms. The fourth-order valence-corrected chi connectivity index (χ4v) is 4.40. The Morgan fingerprint density at radius 3 is 2.53 bits per heavy atom. The number of nitrogens with one attached hydrogen (secondary N) is 1. The van der Waals surface area contributed by atoms with Gasteiger partial charge < -0.3 is 10.1 Å². The SMILES string of the molecule is C=CCOCC(C)CCC(CC)Sc1cc(C(=O)Nc2cc(F)c(F)c(F)c2)ccc1Cl. The molecule has 174 valence electrons. The van der Waals surface area contributed by atoms with Crippen molar-refractivity contribution >= 4 is 35.0 Å². The summed E-state index contributed by atoms with van der Waals surface area (Å²) in [6.45, 7) is 9.08. The van der Waals surface area contributed by atoms with Crippen LogP contribution < -0.4 is 5.32 Å². The maximum atomic E-state index is 13.4. The van der Waals surface area contributed by atoms with Crippen LogP contribution in [0.5, 0.6) is 0 Å². The van der Waals surface area contributed by atoms with Gasteiger partial charge in [0.2, 0.25) is 0 Å². The molecule has 2 aromatic carbocycles. The summed E-state index contributed by atoms with van der Waals surface area (Å²) in [4.78, 5) is 13.3. The lowest BCUT2D eigenvalue weighted by Crippen LogP contribution is -2.13. The molecule has 0 aromatic heterocycles. The molecular weight excluding hydrogens is 459 g/mol. The molecule has 0 bridgehead atoms. The van der Waals surface area contributed by atoms with E-state index < -0.39 is 23.4 Å². The minimum atomic E-state index is -1.58. The number of thioether (sulfide) groups is 1. The lowest BCUT2D eigenvalue weighted by molar-refractivity contribution is 0.102. The predicted molar refractivity (Wildman–Crippen MR) is 125 cm³/mol. The molecule has 0 saturated heterocycles. The number of anilines is 1. The van der Waals surface area contributed by atoms with E-state index in [9.17, 15) is 18.0 Å². The van der Waals surface area contributed by atoms with Crippen LogP contribution in [0.15, 0.2) is 47.9 Å². The van der Waals surface area contributed by atoms with Crippen LogP contribution in [0.2, 0.25) is 5.02 Å². The number of hydrogen-bond acceptors (Lipinski definition) is 3. The molecule has 8 heteroatoms. The van der Waals surface area contributed by atoms with E-state index in [1.807, 2.05) is 0 Å². The molecular formula is C24H27ClF3NO2S. The quantitative estimate of drug-likeness (QED) is 0.146. The number of amides is 1. The topological polar surface area (TPSA) is 38.3 Å². The molecule has 0 radical (unpaired) electrons.